The number of hydrogen-bond donors (Lipinski definition) is 2. The summed E-state index contributed by atoms with van der Waals surface area (Å²) in [5, 5.41) is 7.24. The van der Waals surface area contributed by atoms with E-state index in [2.05, 4.69) is 17.6 Å². The summed E-state index contributed by atoms with van der Waals surface area (Å²) in [5.74, 6) is 1.28. The highest BCUT2D eigenvalue weighted by molar-refractivity contribution is 5.95. The van der Waals surface area contributed by atoms with Crippen LogP contribution in [0.3, 0.4) is 0 Å². The van der Waals surface area contributed by atoms with E-state index in [1.54, 1.807) is 13.2 Å². The Kier molecular flexibility index (Phi) is 6.16. The molecule has 0 aliphatic heterocycles. The predicted octanol–water partition coefficient (Wildman–Crippen LogP) is 3.63. The van der Waals surface area contributed by atoms with E-state index in [-0.39, 0.29) is 12.6 Å². The minimum Gasteiger partial charge on any atom is -0.497 e. The summed E-state index contributed by atoms with van der Waals surface area (Å²) in [6, 6.07) is 11.0. The summed E-state index contributed by atoms with van der Waals surface area (Å²) in [5.41, 5.74) is 0. The zero-order valence-electron chi connectivity index (χ0n) is 15.8. The van der Waals surface area contributed by atoms with Crippen molar-refractivity contribution in [2.24, 2.45) is 5.92 Å². The zero-order chi connectivity index (χ0) is 19.2. The molecule has 0 saturated heterocycles. The molecule has 2 N–H and O–H groups in total. The molecule has 27 heavy (non-hydrogen) atoms. The first-order valence-corrected chi connectivity index (χ1v) is 9.36. The Labute approximate surface area is 159 Å². The van der Waals surface area contributed by atoms with Crippen molar-refractivity contribution in [1.29, 1.82) is 0 Å². The summed E-state index contributed by atoms with van der Waals surface area (Å²) < 4.78 is 10.8. The summed E-state index contributed by atoms with van der Waals surface area (Å²) in [6.45, 7) is 1.91. The molecule has 3 rings (SSSR count). The monoisotopic (exact) mass is 370 g/mol. The molecule has 2 aromatic carbocycles. The number of hydrogen-bond acceptors (Lipinski definition) is 4. The summed E-state index contributed by atoms with van der Waals surface area (Å²) in [4.78, 5) is 24.0. The van der Waals surface area contributed by atoms with Crippen molar-refractivity contribution in [3.63, 3.8) is 0 Å². The third-order valence-corrected chi connectivity index (χ3v) is 5.07. The second-order valence-corrected chi connectivity index (χ2v) is 7.05. The molecule has 2 aromatic rings. The van der Waals surface area contributed by atoms with E-state index in [4.69, 9.17) is 9.47 Å². The molecule has 0 aromatic heterocycles. The summed E-state index contributed by atoms with van der Waals surface area (Å²) >= 11 is 0. The number of ether oxygens (including phenoxy) is 2. The Balaban J connectivity index is 1.51. The number of methoxy groups -OCH3 is 1. The second kappa shape index (κ2) is 8.75. The quantitative estimate of drug-likeness (QED) is 0.843. The van der Waals surface area contributed by atoms with Crippen molar-refractivity contribution < 1.29 is 19.1 Å². The van der Waals surface area contributed by atoms with Gasteiger partial charge in [-0.1, -0.05) is 31.9 Å². The van der Waals surface area contributed by atoms with Gasteiger partial charge in [-0.2, -0.15) is 0 Å². The molecule has 1 fully saturated rings. The molecule has 1 aliphatic rings. The van der Waals surface area contributed by atoms with Crippen LogP contribution in [-0.4, -0.2) is 31.7 Å². The van der Waals surface area contributed by atoms with Gasteiger partial charge in [-0.05, 0) is 53.8 Å². The number of urea groups is 1. The van der Waals surface area contributed by atoms with Gasteiger partial charge in [0.15, 0.2) is 6.61 Å². The SMILES string of the molecule is COc1ccc2ccc(OCC(=O)NC(=O)N[C@H]3CCCC[C@@H]3C)cc2c1. The predicted molar refractivity (Wildman–Crippen MR) is 104 cm³/mol. The van der Waals surface area contributed by atoms with Crippen molar-refractivity contribution in [3.8, 4) is 11.5 Å². The fourth-order valence-corrected chi connectivity index (χ4v) is 3.47. The number of amides is 3. The highest BCUT2D eigenvalue weighted by atomic mass is 16.5. The van der Waals surface area contributed by atoms with Crippen molar-refractivity contribution >= 4 is 22.7 Å². The topological polar surface area (TPSA) is 76.7 Å². The van der Waals surface area contributed by atoms with Crippen LogP contribution in [0.2, 0.25) is 0 Å². The number of carbonyl (C=O) groups excluding carboxylic acids is 2. The van der Waals surface area contributed by atoms with Crippen molar-refractivity contribution in [2.45, 2.75) is 38.6 Å². The molecule has 0 heterocycles. The third kappa shape index (κ3) is 5.12. The van der Waals surface area contributed by atoms with Gasteiger partial charge in [0.1, 0.15) is 11.5 Å². The van der Waals surface area contributed by atoms with Gasteiger partial charge in [0, 0.05) is 6.04 Å². The number of nitrogens with one attached hydrogen (secondary N) is 2. The lowest BCUT2D eigenvalue weighted by molar-refractivity contribution is -0.122. The van der Waals surface area contributed by atoms with E-state index in [0.717, 1.165) is 35.8 Å². The molecule has 0 spiro atoms. The standard InChI is InChI=1S/C21H26N2O4/c1-14-5-3-4-6-19(14)22-21(25)23-20(24)13-27-18-10-8-15-7-9-17(26-2)11-16(15)12-18/h7-12,14,19H,3-6,13H2,1-2H3,(H2,22,23,24,25)/t14-,19-/m0/s1. The molecule has 2 atom stereocenters. The Morgan fingerprint density at radius 1 is 1.04 bits per heavy atom. The first-order chi connectivity index (χ1) is 13.0. The van der Waals surface area contributed by atoms with Gasteiger partial charge in [-0.15, -0.1) is 0 Å². The maximum atomic E-state index is 12.0. The normalized spacial score (nSPS) is 19.3. The van der Waals surface area contributed by atoms with Gasteiger partial charge in [-0.3, -0.25) is 10.1 Å². The van der Waals surface area contributed by atoms with Crippen LogP contribution in [0.5, 0.6) is 11.5 Å². The fourth-order valence-electron chi connectivity index (χ4n) is 3.47. The highest BCUT2D eigenvalue weighted by Crippen LogP contribution is 2.25. The van der Waals surface area contributed by atoms with Crippen molar-refractivity contribution in [1.82, 2.24) is 10.6 Å². The molecule has 0 radical (unpaired) electrons. The lowest BCUT2D eigenvalue weighted by atomic mass is 9.86. The molecule has 0 bridgehead atoms. The van der Waals surface area contributed by atoms with Crippen molar-refractivity contribution in [3.05, 3.63) is 36.4 Å². The zero-order valence-corrected chi connectivity index (χ0v) is 15.8. The molecule has 0 unspecified atom stereocenters. The Hall–Kier alpha value is -2.76. The van der Waals surface area contributed by atoms with Crippen LogP contribution >= 0.6 is 0 Å². The lowest BCUT2D eigenvalue weighted by Gasteiger charge is -2.29. The minimum absolute atomic E-state index is 0.128. The maximum absolute atomic E-state index is 12.0. The third-order valence-electron chi connectivity index (χ3n) is 5.07. The second-order valence-electron chi connectivity index (χ2n) is 7.05. The van der Waals surface area contributed by atoms with E-state index < -0.39 is 11.9 Å². The van der Waals surface area contributed by atoms with Crippen LogP contribution in [0.1, 0.15) is 32.6 Å². The van der Waals surface area contributed by atoms with Crippen LogP contribution in [0.4, 0.5) is 4.79 Å². The van der Waals surface area contributed by atoms with Crippen LogP contribution in [0.15, 0.2) is 36.4 Å². The van der Waals surface area contributed by atoms with Gasteiger partial charge in [0.05, 0.1) is 7.11 Å². The first-order valence-electron chi connectivity index (χ1n) is 9.36. The molecule has 6 heteroatoms. The number of imide groups is 1. The van der Waals surface area contributed by atoms with Gasteiger partial charge in [0.25, 0.3) is 5.91 Å². The molecule has 3 amide bonds. The molecule has 144 valence electrons. The number of rotatable bonds is 5. The molecular weight excluding hydrogens is 344 g/mol. The van der Waals surface area contributed by atoms with Crippen LogP contribution < -0.4 is 20.1 Å². The van der Waals surface area contributed by atoms with Crippen molar-refractivity contribution in [2.75, 3.05) is 13.7 Å². The fraction of sp³-hybridized carbons (Fsp3) is 0.429. The van der Waals surface area contributed by atoms with E-state index >= 15 is 0 Å². The summed E-state index contributed by atoms with van der Waals surface area (Å²) in [6.07, 6.45) is 4.37. The lowest BCUT2D eigenvalue weighted by Crippen LogP contribution is -2.48. The molecule has 6 nitrogen and oxygen atoms in total. The maximum Gasteiger partial charge on any atom is 0.321 e. The number of carbonyl (C=O) groups is 2. The highest BCUT2D eigenvalue weighted by Gasteiger charge is 2.23. The Morgan fingerprint density at radius 2 is 1.74 bits per heavy atom. The van der Waals surface area contributed by atoms with Gasteiger partial charge in [0.2, 0.25) is 0 Å². The minimum atomic E-state index is -0.471. The Morgan fingerprint density at radius 3 is 2.48 bits per heavy atom. The van der Waals surface area contributed by atoms with Crippen LogP contribution in [0.25, 0.3) is 10.8 Å². The average molecular weight is 370 g/mol. The van der Waals surface area contributed by atoms with E-state index in [1.165, 1.54) is 6.42 Å². The van der Waals surface area contributed by atoms with E-state index in [9.17, 15) is 9.59 Å². The average Bonchev–Trinajstić information content (AvgIpc) is 2.67. The molecule has 1 saturated carbocycles. The molecule has 1 aliphatic carbocycles. The van der Waals surface area contributed by atoms with E-state index in [1.807, 2.05) is 30.3 Å². The van der Waals surface area contributed by atoms with E-state index in [0.29, 0.717) is 11.7 Å². The largest absolute Gasteiger partial charge is 0.497 e. The number of fused-ring (bicyclic) bond motifs is 1. The van der Waals surface area contributed by atoms with Gasteiger partial charge < -0.3 is 14.8 Å². The van der Waals surface area contributed by atoms with Crippen LogP contribution in [0, 0.1) is 5.92 Å². The Bertz CT molecular complexity index is 821. The van der Waals surface area contributed by atoms with Gasteiger partial charge >= 0.3 is 6.03 Å². The first kappa shape index (κ1) is 19.0. The van der Waals surface area contributed by atoms with Gasteiger partial charge in [-0.25, -0.2) is 4.79 Å². The smallest absolute Gasteiger partial charge is 0.321 e. The number of benzene rings is 2. The van der Waals surface area contributed by atoms with Crippen LogP contribution in [-0.2, 0) is 4.79 Å². The molecular formula is C21H26N2O4. The summed E-state index contributed by atoms with van der Waals surface area (Å²) in [7, 11) is 1.62.